The van der Waals surface area contributed by atoms with Crippen LogP contribution >= 0.6 is 11.6 Å². The van der Waals surface area contributed by atoms with Gasteiger partial charge in [-0.25, -0.2) is 22.7 Å². The Hall–Kier alpha value is -2.49. The van der Waals surface area contributed by atoms with Gasteiger partial charge in [-0.15, -0.1) is 0 Å². The fourth-order valence-corrected chi connectivity index (χ4v) is 2.51. The summed E-state index contributed by atoms with van der Waals surface area (Å²) in [5, 5.41) is 7.32. The summed E-state index contributed by atoms with van der Waals surface area (Å²) in [7, 11) is -4.03. The summed E-state index contributed by atoms with van der Waals surface area (Å²) in [4.78, 5) is 23.4. The highest BCUT2D eigenvalue weighted by Crippen LogP contribution is 2.20. The maximum absolute atomic E-state index is 12.8. The van der Waals surface area contributed by atoms with Crippen molar-refractivity contribution in [3.05, 3.63) is 58.9 Å². The highest BCUT2D eigenvalue weighted by molar-refractivity contribution is 7.89. The Balaban J connectivity index is 2.02. The van der Waals surface area contributed by atoms with E-state index in [0.29, 0.717) is 5.69 Å². The van der Waals surface area contributed by atoms with Gasteiger partial charge in [0.25, 0.3) is 5.91 Å². The number of carbonyl (C=O) groups excluding carboxylic acids is 2. The van der Waals surface area contributed by atoms with Crippen molar-refractivity contribution in [3.8, 4) is 0 Å². The number of amides is 1. The fraction of sp³-hybridized carbons (Fsp3) is 0.0667. The van der Waals surface area contributed by atoms with Gasteiger partial charge in [0.05, 0.1) is 15.5 Å². The zero-order valence-corrected chi connectivity index (χ0v) is 14.1. The molecule has 3 N–H and O–H groups in total. The summed E-state index contributed by atoms with van der Waals surface area (Å²) in [6, 6.07) is 8.24. The summed E-state index contributed by atoms with van der Waals surface area (Å²) in [6.45, 7) is -0.647. The van der Waals surface area contributed by atoms with Crippen molar-refractivity contribution in [2.75, 3.05) is 11.9 Å². The Morgan fingerprint density at radius 1 is 1.16 bits per heavy atom. The minimum Gasteiger partial charge on any atom is -0.452 e. The van der Waals surface area contributed by atoms with E-state index in [-0.39, 0.29) is 15.5 Å². The lowest BCUT2D eigenvalue weighted by atomic mass is 10.2. The molecule has 0 radical (unpaired) electrons. The number of anilines is 1. The minimum absolute atomic E-state index is 0.0589. The molecule has 0 fully saturated rings. The number of rotatable bonds is 5. The molecule has 10 heteroatoms. The second-order valence-electron chi connectivity index (χ2n) is 4.82. The number of sulfonamides is 1. The number of nitrogens with two attached hydrogens (primary N) is 1. The van der Waals surface area contributed by atoms with E-state index in [0.717, 1.165) is 24.3 Å². The van der Waals surface area contributed by atoms with Gasteiger partial charge in [-0.1, -0.05) is 11.6 Å². The summed E-state index contributed by atoms with van der Waals surface area (Å²) in [5.74, 6) is -2.13. The molecule has 0 aliphatic rings. The number of benzene rings is 2. The van der Waals surface area contributed by atoms with Gasteiger partial charge in [0.1, 0.15) is 5.82 Å². The Morgan fingerprint density at radius 2 is 1.80 bits per heavy atom. The lowest BCUT2D eigenvalue weighted by molar-refractivity contribution is -0.119. The highest BCUT2D eigenvalue weighted by Gasteiger charge is 2.18. The molecule has 7 nitrogen and oxygen atoms in total. The molecule has 0 saturated heterocycles. The summed E-state index contributed by atoms with van der Waals surface area (Å²) >= 11 is 5.83. The Kier molecular flexibility index (Phi) is 5.73. The summed E-state index contributed by atoms with van der Waals surface area (Å²) in [5.41, 5.74) is 0.0690. The Bertz CT molecular complexity index is 916. The fourth-order valence-electron chi connectivity index (χ4n) is 1.78. The number of halogens is 2. The molecule has 132 valence electrons. The maximum Gasteiger partial charge on any atom is 0.340 e. The van der Waals surface area contributed by atoms with E-state index in [1.807, 2.05) is 0 Å². The molecule has 0 unspecified atom stereocenters. The van der Waals surface area contributed by atoms with E-state index in [4.69, 9.17) is 21.5 Å². The molecular weight excluding hydrogens is 375 g/mol. The van der Waals surface area contributed by atoms with Crippen LogP contribution in [-0.4, -0.2) is 26.9 Å². The quantitative estimate of drug-likeness (QED) is 0.761. The van der Waals surface area contributed by atoms with Crippen molar-refractivity contribution in [2.24, 2.45) is 5.14 Å². The van der Waals surface area contributed by atoms with Crippen molar-refractivity contribution >= 4 is 39.2 Å². The molecule has 2 aromatic rings. The van der Waals surface area contributed by atoms with E-state index in [9.17, 15) is 22.4 Å². The predicted octanol–water partition coefficient (Wildman–Crippen LogP) is 1.92. The average Bonchev–Trinajstić information content (AvgIpc) is 2.54. The first-order valence-corrected chi connectivity index (χ1v) is 8.64. The zero-order chi connectivity index (χ0) is 18.6. The average molecular weight is 387 g/mol. The molecule has 0 bridgehead atoms. The first-order valence-electron chi connectivity index (χ1n) is 6.72. The Labute approximate surface area is 147 Å². The van der Waals surface area contributed by atoms with Gasteiger partial charge in [0.2, 0.25) is 10.0 Å². The SMILES string of the molecule is NS(=O)(=O)c1ccc(Cl)c(C(=O)OCC(=O)Nc2ccc(F)cc2)c1. The van der Waals surface area contributed by atoms with Gasteiger partial charge in [0.15, 0.2) is 6.61 Å². The van der Waals surface area contributed by atoms with Gasteiger partial charge < -0.3 is 10.1 Å². The van der Waals surface area contributed by atoms with Crippen LogP contribution in [0.2, 0.25) is 5.02 Å². The third-order valence-electron chi connectivity index (χ3n) is 2.95. The monoisotopic (exact) mass is 386 g/mol. The van der Waals surface area contributed by atoms with Gasteiger partial charge in [-0.3, -0.25) is 4.79 Å². The van der Waals surface area contributed by atoms with Crippen molar-refractivity contribution in [2.45, 2.75) is 4.90 Å². The van der Waals surface area contributed by atoms with Crippen LogP contribution in [0.5, 0.6) is 0 Å². The number of primary sulfonamides is 1. The molecule has 0 spiro atoms. The van der Waals surface area contributed by atoms with Crippen LogP contribution in [0.4, 0.5) is 10.1 Å². The molecule has 0 atom stereocenters. The summed E-state index contributed by atoms with van der Waals surface area (Å²) < 4.78 is 40.2. The third kappa shape index (κ3) is 5.24. The summed E-state index contributed by atoms with van der Waals surface area (Å²) in [6.07, 6.45) is 0. The molecule has 0 heterocycles. The van der Waals surface area contributed by atoms with Crippen LogP contribution in [0.15, 0.2) is 47.4 Å². The van der Waals surface area contributed by atoms with E-state index in [2.05, 4.69) is 5.32 Å². The van der Waals surface area contributed by atoms with Crippen LogP contribution in [0.3, 0.4) is 0 Å². The molecule has 2 aromatic carbocycles. The van der Waals surface area contributed by atoms with Gasteiger partial charge >= 0.3 is 5.97 Å². The molecular formula is C15H12ClFN2O5S. The highest BCUT2D eigenvalue weighted by atomic mass is 35.5. The predicted molar refractivity (Wildman–Crippen MR) is 88.1 cm³/mol. The van der Waals surface area contributed by atoms with E-state index < -0.39 is 34.3 Å². The molecule has 1 amide bonds. The van der Waals surface area contributed by atoms with Crippen molar-refractivity contribution in [1.29, 1.82) is 0 Å². The lowest BCUT2D eigenvalue weighted by Gasteiger charge is -2.08. The van der Waals surface area contributed by atoms with Crippen molar-refractivity contribution < 1.29 is 27.1 Å². The van der Waals surface area contributed by atoms with Crippen LogP contribution in [0, 0.1) is 5.82 Å². The smallest absolute Gasteiger partial charge is 0.340 e. The van der Waals surface area contributed by atoms with Crippen LogP contribution in [0.1, 0.15) is 10.4 Å². The molecule has 0 aliphatic carbocycles. The maximum atomic E-state index is 12.8. The van der Waals surface area contributed by atoms with Gasteiger partial charge in [-0.2, -0.15) is 0 Å². The minimum atomic E-state index is -4.03. The van der Waals surface area contributed by atoms with E-state index in [1.54, 1.807) is 0 Å². The molecule has 0 aliphatic heterocycles. The number of ether oxygens (including phenoxy) is 1. The second-order valence-corrected chi connectivity index (χ2v) is 6.79. The standard InChI is InChI=1S/C15H12ClFN2O5S/c16-13-6-5-11(25(18,22)23)7-12(13)15(21)24-8-14(20)19-10-3-1-9(17)2-4-10/h1-7H,8H2,(H,19,20)(H2,18,22,23). The molecule has 0 saturated carbocycles. The van der Waals surface area contributed by atoms with Crippen LogP contribution in [0.25, 0.3) is 0 Å². The van der Waals surface area contributed by atoms with Crippen LogP contribution < -0.4 is 10.5 Å². The number of nitrogens with one attached hydrogen (secondary N) is 1. The van der Waals surface area contributed by atoms with E-state index in [1.165, 1.54) is 18.2 Å². The molecule has 0 aromatic heterocycles. The zero-order valence-electron chi connectivity index (χ0n) is 12.5. The topological polar surface area (TPSA) is 116 Å². The number of hydrogen-bond acceptors (Lipinski definition) is 5. The molecule has 25 heavy (non-hydrogen) atoms. The second kappa shape index (κ2) is 7.60. The van der Waals surface area contributed by atoms with Crippen LogP contribution in [-0.2, 0) is 19.6 Å². The lowest BCUT2D eigenvalue weighted by Crippen LogP contribution is -2.21. The van der Waals surface area contributed by atoms with Gasteiger partial charge in [-0.05, 0) is 42.5 Å². The van der Waals surface area contributed by atoms with Crippen molar-refractivity contribution in [1.82, 2.24) is 0 Å². The largest absolute Gasteiger partial charge is 0.452 e. The first-order chi connectivity index (χ1) is 11.7. The number of carbonyl (C=O) groups is 2. The Morgan fingerprint density at radius 3 is 2.40 bits per heavy atom. The number of hydrogen-bond donors (Lipinski definition) is 2. The third-order valence-corrected chi connectivity index (χ3v) is 4.19. The first kappa shape index (κ1) is 18.8. The normalized spacial score (nSPS) is 11.0. The molecule has 2 rings (SSSR count). The van der Waals surface area contributed by atoms with Gasteiger partial charge in [0, 0.05) is 5.69 Å². The van der Waals surface area contributed by atoms with Crippen molar-refractivity contribution in [3.63, 3.8) is 0 Å². The van der Waals surface area contributed by atoms with E-state index >= 15 is 0 Å². The number of esters is 1.